The minimum absolute atomic E-state index is 0.113. The van der Waals surface area contributed by atoms with Crippen LogP contribution in [0.25, 0.3) is 0 Å². The van der Waals surface area contributed by atoms with Gasteiger partial charge in [-0.2, -0.15) is 0 Å². The number of aryl methyl sites for hydroxylation is 1. The number of carbonyl (C=O) groups is 3. The molecule has 0 atom stereocenters. The first-order valence-corrected chi connectivity index (χ1v) is 10.7. The van der Waals surface area contributed by atoms with Gasteiger partial charge in [0.1, 0.15) is 6.54 Å². The molecule has 0 aliphatic rings. The number of hydrogen-bond acceptors (Lipinski definition) is 7. The summed E-state index contributed by atoms with van der Waals surface area (Å²) < 4.78 is 9.96. The van der Waals surface area contributed by atoms with E-state index < -0.39 is 0 Å². The summed E-state index contributed by atoms with van der Waals surface area (Å²) in [5, 5.41) is 7.50. The molecule has 0 aliphatic carbocycles. The van der Waals surface area contributed by atoms with Crippen molar-refractivity contribution in [2.75, 3.05) is 52.4 Å². The lowest BCUT2D eigenvalue weighted by atomic mass is 10.1. The molecule has 2 rings (SSSR count). The molecule has 2 aromatic rings. The van der Waals surface area contributed by atoms with Gasteiger partial charge in [0.25, 0.3) is 5.91 Å². The van der Waals surface area contributed by atoms with Gasteiger partial charge >= 0.3 is 0 Å². The van der Waals surface area contributed by atoms with E-state index in [1.54, 1.807) is 24.6 Å². The molecule has 0 radical (unpaired) electrons. The van der Waals surface area contributed by atoms with E-state index in [4.69, 9.17) is 9.47 Å². The Morgan fingerprint density at radius 1 is 1.06 bits per heavy atom. The summed E-state index contributed by atoms with van der Waals surface area (Å²) in [7, 11) is 3.10. The minimum Gasteiger partial charge on any atom is -0.383 e. The largest absolute Gasteiger partial charge is 0.383 e. The number of nitrogens with one attached hydrogen (secondary N) is 2. The maximum absolute atomic E-state index is 12.8. The second kappa shape index (κ2) is 12.8. The van der Waals surface area contributed by atoms with E-state index in [0.717, 1.165) is 5.56 Å². The molecule has 1 aromatic heterocycles. The molecular weight excluding hydrogens is 420 g/mol. The Balaban J connectivity index is 1.93. The number of anilines is 1. The third-order valence-electron chi connectivity index (χ3n) is 4.25. The van der Waals surface area contributed by atoms with Gasteiger partial charge in [0, 0.05) is 38.3 Å². The predicted molar refractivity (Wildman–Crippen MR) is 118 cm³/mol. The summed E-state index contributed by atoms with van der Waals surface area (Å²) in [5.74, 6) is -0.795. The Morgan fingerprint density at radius 2 is 1.77 bits per heavy atom. The Bertz CT molecular complexity index is 869. The van der Waals surface area contributed by atoms with Crippen molar-refractivity contribution in [3.05, 3.63) is 46.5 Å². The van der Waals surface area contributed by atoms with Crippen LogP contribution in [0.5, 0.6) is 0 Å². The molecule has 1 heterocycles. The normalized spacial score (nSPS) is 10.5. The molecule has 31 heavy (non-hydrogen) atoms. The second-order valence-electron chi connectivity index (χ2n) is 6.80. The molecule has 168 valence electrons. The number of ether oxygens (including phenoxy) is 2. The molecule has 10 heteroatoms. The van der Waals surface area contributed by atoms with Gasteiger partial charge in [-0.25, -0.2) is 4.98 Å². The number of carbonyl (C=O) groups excluding carboxylic acids is 3. The van der Waals surface area contributed by atoms with Crippen molar-refractivity contribution in [3.8, 4) is 0 Å². The van der Waals surface area contributed by atoms with Crippen molar-refractivity contribution in [2.24, 2.45) is 0 Å². The van der Waals surface area contributed by atoms with E-state index in [0.29, 0.717) is 36.1 Å². The van der Waals surface area contributed by atoms with Gasteiger partial charge in [-0.1, -0.05) is 17.7 Å². The van der Waals surface area contributed by atoms with Crippen molar-refractivity contribution in [1.29, 1.82) is 0 Å². The standard InChI is InChI=1S/C21H28N4O5S/c1-15-4-6-16(7-5-15)20(28)25(9-11-30-3)13-19(27)24-21-23-17(14-31-21)12-18(26)22-8-10-29-2/h4-7,14H,8-13H2,1-3H3,(H,22,26)(H,23,24,27). The summed E-state index contributed by atoms with van der Waals surface area (Å²) in [6, 6.07) is 7.18. The topological polar surface area (TPSA) is 110 Å². The lowest BCUT2D eigenvalue weighted by Gasteiger charge is -2.21. The molecule has 0 unspecified atom stereocenters. The van der Waals surface area contributed by atoms with E-state index in [2.05, 4.69) is 15.6 Å². The van der Waals surface area contributed by atoms with Crippen LogP contribution in [0.1, 0.15) is 21.6 Å². The van der Waals surface area contributed by atoms with Gasteiger partial charge in [-0.15, -0.1) is 11.3 Å². The molecule has 0 aliphatic heterocycles. The van der Waals surface area contributed by atoms with Crippen LogP contribution in [0.3, 0.4) is 0 Å². The zero-order valence-electron chi connectivity index (χ0n) is 18.0. The van der Waals surface area contributed by atoms with E-state index in [1.165, 1.54) is 23.3 Å². The number of thiazole rings is 1. The molecule has 0 fully saturated rings. The maximum Gasteiger partial charge on any atom is 0.254 e. The van der Waals surface area contributed by atoms with Crippen molar-refractivity contribution in [3.63, 3.8) is 0 Å². The second-order valence-corrected chi connectivity index (χ2v) is 7.66. The predicted octanol–water partition coefficient (Wildman–Crippen LogP) is 1.48. The molecule has 3 amide bonds. The highest BCUT2D eigenvalue weighted by Gasteiger charge is 2.19. The lowest BCUT2D eigenvalue weighted by Crippen LogP contribution is -2.40. The first-order chi connectivity index (χ1) is 14.9. The van der Waals surface area contributed by atoms with Crippen LogP contribution in [0.4, 0.5) is 5.13 Å². The third kappa shape index (κ3) is 8.44. The van der Waals surface area contributed by atoms with E-state index in [-0.39, 0.29) is 37.2 Å². The van der Waals surface area contributed by atoms with Crippen molar-refractivity contribution in [2.45, 2.75) is 13.3 Å². The minimum atomic E-state index is -0.373. The summed E-state index contributed by atoms with van der Waals surface area (Å²) in [6.07, 6.45) is 0.113. The third-order valence-corrected chi connectivity index (χ3v) is 5.06. The van der Waals surface area contributed by atoms with Gasteiger partial charge in [-0.05, 0) is 19.1 Å². The summed E-state index contributed by atoms with van der Waals surface area (Å²) in [6.45, 7) is 3.25. The van der Waals surface area contributed by atoms with E-state index >= 15 is 0 Å². The zero-order chi connectivity index (χ0) is 22.6. The van der Waals surface area contributed by atoms with E-state index in [1.807, 2.05) is 19.1 Å². The van der Waals surface area contributed by atoms with Crippen LogP contribution in [-0.4, -0.2) is 74.7 Å². The van der Waals surface area contributed by atoms with Gasteiger partial charge in [-0.3, -0.25) is 14.4 Å². The molecule has 0 saturated carbocycles. The average Bonchev–Trinajstić information content (AvgIpc) is 3.17. The Hall–Kier alpha value is -2.82. The SMILES string of the molecule is COCCNC(=O)Cc1csc(NC(=O)CN(CCOC)C(=O)c2ccc(C)cc2)n1. The Morgan fingerprint density at radius 3 is 2.45 bits per heavy atom. The Kier molecular flexibility index (Phi) is 10.1. The molecule has 9 nitrogen and oxygen atoms in total. The van der Waals surface area contributed by atoms with Crippen molar-refractivity contribution in [1.82, 2.24) is 15.2 Å². The summed E-state index contributed by atoms with van der Waals surface area (Å²) in [4.78, 5) is 42.9. The van der Waals surface area contributed by atoms with Crippen LogP contribution < -0.4 is 10.6 Å². The highest BCUT2D eigenvalue weighted by atomic mass is 32.1. The van der Waals surface area contributed by atoms with Gasteiger partial charge in [0.15, 0.2) is 5.13 Å². The first-order valence-electron chi connectivity index (χ1n) is 9.77. The first kappa shape index (κ1) is 24.4. The number of methoxy groups -OCH3 is 2. The highest BCUT2D eigenvalue weighted by molar-refractivity contribution is 7.13. The van der Waals surface area contributed by atoms with Crippen LogP contribution in [-0.2, 0) is 25.5 Å². The maximum atomic E-state index is 12.8. The van der Waals surface area contributed by atoms with Gasteiger partial charge < -0.3 is 25.0 Å². The quantitative estimate of drug-likeness (QED) is 0.476. The molecule has 1 aromatic carbocycles. The molecule has 2 N–H and O–H groups in total. The monoisotopic (exact) mass is 448 g/mol. The fourth-order valence-electron chi connectivity index (χ4n) is 2.63. The molecule has 0 saturated heterocycles. The zero-order valence-corrected chi connectivity index (χ0v) is 18.8. The van der Waals surface area contributed by atoms with Crippen molar-refractivity contribution >= 4 is 34.2 Å². The fraction of sp³-hybridized carbons (Fsp3) is 0.429. The lowest BCUT2D eigenvalue weighted by molar-refractivity contribution is -0.120. The van der Waals surface area contributed by atoms with Crippen LogP contribution in [0, 0.1) is 6.92 Å². The number of amides is 3. The van der Waals surface area contributed by atoms with Crippen LogP contribution in [0.15, 0.2) is 29.6 Å². The number of benzene rings is 1. The average molecular weight is 449 g/mol. The number of rotatable bonds is 12. The number of nitrogens with zero attached hydrogens (tertiary/aromatic N) is 2. The number of aromatic nitrogens is 1. The number of hydrogen-bond donors (Lipinski definition) is 2. The Labute approximate surface area is 185 Å². The summed E-state index contributed by atoms with van der Waals surface area (Å²) >= 11 is 1.22. The van der Waals surface area contributed by atoms with Gasteiger partial charge in [0.2, 0.25) is 11.8 Å². The van der Waals surface area contributed by atoms with Crippen LogP contribution >= 0.6 is 11.3 Å². The van der Waals surface area contributed by atoms with Crippen LogP contribution in [0.2, 0.25) is 0 Å². The van der Waals surface area contributed by atoms with Gasteiger partial charge in [0.05, 0.1) is 25.3 Å². The molecule has 0 spiro atoms. The summed E-state index contributed by atoms with van der Waals surface area (Å²) in [5.41, 5.74) is 2.11. The smallest absolute Gasteiger partial charge is 0.254 e. The molecular formula is C21H28N4O5S. The van der Waals surface area contributed by atoms with Crippen molar-refractivity contribution < 1.29 is 23.9 Å². The highest BCUT2D eigenvalue weighted by Crippen LogP contribution is 2.16. The van der Waals surface area contributed by atoms with E-state index in [9.17, 15) is 14.4 Å². The fourth-order valence-corrected chi connectivity index (χ4v) is 3.36. The molecule has 0 bridgehead atoms.